The molecule has 1 amide bonds. The first kappa shape index (κ1) is 18.3. The van der Waals surface area contributed by atoms with Gasteiger partial charge in [-0.1, -0.05) is 23.2 Å². The van der Waals surface area contributed by atoms with E-state index >= 15 is 0 Å². The van der Waals surface area contributed by atoms with Gasteiger partial charge in [0, 0.05) is 17.6 Å². The lowest BCUT2D eigenvalue weighted by atomic mass is 10.3. The van der Waals surface area contributed by atoms with Gasteiger partial charge in [0.1, 0.15) is 5.75 Å². The van der Waals surface area contributed by atoms with Crippen molar-refractivity contribution in [3.05, 3.63) is 28.2 Å². The van der Waals surface area contributed by atoms with Gasteiger partial charge in [-0.3, -0.25) is 4.79 Å². The van der Waals surface area contributed by atoms with Crippen molar-refractivity contribution in [2.75, 3.05) is 13.2 Å². The van der Waals surface area contributed by atoms with Crippen LogP contribution in [-0.2, 0) is 4.79 Å². The lowest BCUT2D eigenvalue weighted by Gasteiger charge is -2.12. The number of hydrogen-bond donors (Lipinski definition) is 2. The summed E-state index contributed by atoms with van der Waals surface area (Å²) in [6.45, 7) is 2.51. The van der Waals surface area contributed by atoms with Crippen LogP contribution in [0, 0.1) is 0 Å². The third kappa shape index (κ3) is 6.87. The zero-order valence-corrected chi connectivity index (χ0v) is 12.8. The Morgan fingerprint density at radius 2 is 2.16 bits per heavy atom. The van der Waals surface area contributed by atoms with Gasteiger partial charge in [-0.05, 0) is 25.1 Å². The maximum Gasteiger partial charge on any atom is 0.223 e. The molecule has 1 rings (SSSR count). The maximum atomic E-state index is 11.4. The van der Waals surface area contributed by atoms with E-state index in [-0.39, 0.29) is 37.4 Å². The molecular formula is C12H17Cl3N2O2. The highest BCUT2D eigenvalue weighted by Gasteiger charge is 2.07. The Balaban J connectivity index is 0.00000324. The molecular weight excluding hydrogens is 311 g/mol. The molecule has 3 N–H and O–H groups in total. The van der Waals surface area contributed by atoms with Crippen LogP contribution in [0.5, 0.6) is 5.75 Å². The Morgan fingerprint density at radius 1 is 1.47 bits per heavy atom. The van der Waals surface area contributed by atoms with Crippen LogP contribution in [0.15, 0.2) is 18.2 Å². The summed E-state index contributed by atoms with van der Waals surface area (Å²) in [5.41, 5.74) is 5.40. The number of amides is 1. The number of nitrogens with two attached hydrogens (primary N) is 1. The van der Waals surface area contributed by atoms with Crippen molar-refractivity contribution in [3.8, 4) is 5.75 Å². The van der Waals surface area contributed by atoms with Crippen LogP contribution in [0.2, 0.25) is 10.0 Å². The Bertz CT molecular complexity index is 416. The smallest absolute Gasteiger partial charge is 0.223 e. The Kier molecular flexibility index (Phi) is 8.93. The number of rotatable bonds is 6. The molecule has 108 valence electrons. The minimum absolute atomic E-state index is 0. The standard InChI is InChI=1S/C12H16Cl2N2O2.ClH/c1-8(7-15)16-12(17)4-5-18-11-3-2-9(13)6-10(11)14;/h2-3,6,8H,4-5,7,15H2,1H3,(H,16,17);1H/t8-;/m0./s1. The lowest BCUT2D eigenvalue weighted by molar-refractivity contribution is -0.122. The van der Waals surface area contributed by atoms with E-state index in [1.807, 2.05) is 6.92 Å². The largest absolute Gasteiger partial charge is 0.491 e. The van der Waals surface area contributed by atoms with Crippen molar-refractivity contribution in [2.24, 2.45) is 5.73 Å². The van der Waals surface area contributed by atoms with Crippen molar-refractivity contribution in [1.29, 1.82) is 0 Å². The fourth-order valence-corrected chi connectivity index (χ4v) is 1.71. The first-order valence-corrected chi connectivity index (χ1v) is 6.35. The molecule has 19 heavy (non-hydrogen) atoms. The molecule has 0 radical (unpaired) electrons. The molecule has 7 heteroatoms. The number of ether oxygens (including phenoxy) is 1. The SMILES string of the molecule is C[C@@H](CN)NC(=O)CCOc1ccc(Cl)cc1Cl.Cl. The molecule has 1 aromatic carbocycles. The molecule has 0 saturated carbocycles. The van der Waals surface area contributed by atoms with Gasteiger partial charge in [0.05, 0.1) is 18.1 Å². The zero-order valence-electron chi connectivity index (χ0n) is 10.5. The van der Waals surface area contributed by atoms with Crippen LogP contribution in [0.25, 0.3) is 0 Å². The number of halogens is 3. The summed E-state index contributed by atoms with van der Waals surface area (Å²) in [6, 6.07) is 4.91. The molecule has 1 aromatic rings. The lowest BCUT2D eigenvalue weighted by Crippen LogP contribution is -2.38. The topological polar surface area (TPSA) is 64.3 Å². The molecule has 0 aliphatic heterocycles. The third-order valence-corrected chi connectivity index (χ3v) is 2.77. The van der Waals surface area contributed by atoms with E-state index in [9.17, 15) is 4.79 Å². The van der Waals surface area contributed by atoms with Crippen molar-refractivity contribution in [3.63, 3.8) is 0 Å². The quantitative estimate of drug-likeness (QED) is 0.844. The minimum Gasteiger partial charge on any atom is -0.491 e. The van der Waals surface area contributed by atoms with E-state index in [1.54, 1.807) is 18.2 Å². The highest BCUT2D eigenvalue weighted by molar-refractivity contribution is 6.35. The number of benzene rings is 1. The van der Waals surface area contributed by atoms with Gasteiger partial charge in [-0.15, -0.1) is 12.4 Å². The molecule has 0 fully saturated rings. The Hall–Kier alpha value is -0.680. The molecule has 0 aromatic heterocycles. The fourth-order valence-electron chi connectivity index (χ4n) is 1.25. The first-order valence-electron chi connectivity index (χ1n) is 5.60. The average molecular weight is 328 g/mol. The molecule has 0 bridgehead atoms. The molecule has 0 saturated heterocycles. The first-order chi connectivity index (χ1) is 8.52. The van der Waals surface area contributed by atoms with Crippen molar-refractivity contribution in [2.45, 2.75) is 19.4 Å². The van der Waals surface area contributed by atoms with Crippen LogP contribution in [0.3, 0.4) is 0 Å². The summed E-state index contributed by atoms with van der Waals surface area (Å²) in [7, 11) is 0. The Morgan fingerprint density at radius 3 is 2.74 bits per heavy atom. The molecule has 4 nitrogen and oxygen atoms in total. The molecule has 0 unspecified atom stereocenters. The second-order valence-corrected chi connectivity index (χ2v) is 4.72. The molecule has 0 aliphatic rings. The van der Waals surface area contributed by atoms with E-state index in [0.29, 0.717) is 22.3 Å². The second-order valence-electron chi connectivity index (χ2n) is 3.88. The molecule has 0 aliphatic carbocycles. The normalized spacial score (nSPS) is 11.4. The fraction of sp³-hybridized carbons (Fsp3) is 0.417. The highest BCUT2D eigenvalue weighted by atomic mass is 35.5. The van der Waals surface area contributed by atoms with E-state index in [1.165, 1.54) is 0 Å². The number of nitrogens with one attached hydrogen (secondary N) is 1. The summed E-state index contributed by atoms with van der Waals surface area (Å²) in [5.74, 6) is 0.416. The summed E-state index contributed by atoms with van der Waals surface area (Å²) in [4.78, 5) is 11.4. The van der Waals surface area contributed by atoms with Crippen molar-refractivity contribution in [1.82, 2.24) is 5.32 Å². The summed E-state index contributed by atoms with van der Waals surface area (Å²) >= 11 is 11.7. The van der Waals surface area contributed by atoms with Gasteiger partial charge in [0.15, 0.2) is 0 Å². The van der Waals surface area contributed by atoms with Gasteiger partial charge >= 0.3 is 0 Å². The third-order valence-electron chi connectivity index (χ3n) is 2.24. The van der Waals surface area contributed by atoms with Gasteiger partial charge in [0.25, 0.3) is 0 Å². The second kappa shape index (κ2) is 9.26. The monoisotopic (exact) mass is 326 g/mol. The number of hydrogen-bond acceptors (Lipinski definition) is 3. The van der Waals surface area contributed by atoms with Crippen molar-refractivity contribution < 1.29 is 9.53 Å². The van der Waals surface area contributed by atoms with Crippen LogP contribution in [0.4, 0.5) is 0 Å². The van der Waals surface area contributed by atoms with Gasteiger partial charge in [-0.2, -0.15) is 0 Å². The number of carbonyl (C=O) groups excluding carboxylic acids is 1. The molecule has 0 heterocycles. The Labute approximate surface area is 129 Å². The predicted octanol–water partition coefficient (Wildman–Crippen LogP) is 2.65. The molecule has 0 spiro atoms. The zero-order chi connectivity index (χ0) is 13.5. The van der Waals surface area contributed by atoms with Gasteiger partial charge in [0.2, 0.25) is 5.91 Å². The van der Waals surface area contributed by atoms with Crippen molar-refractivity contribution >= 4 is 41.5 Å². The van der Waals surface area contributed by atoms with Gasteiger partial charge in [-0.25, -0.2) is 0 Å². The van der Waals surface area contributed by atoms with Crippen LogP contribution in [-0.4, -0.2) is 25.1 Å². The van der Waals surface area contributed by atoms with E-state index in [2.05, 4.69) is 5.32 Å². The predicted molar refractivity (Wildman–Crippen MR) is 80.5 cm³/mol. The minimum atomic E-state index is -0.0990. The summed E-state index contributed by atoms with van der Waals surface area (Å²) in [6.07, 6.45) is 0.253. The average Bonchev–Trinajstić information content (AvgIpc) is 2.31. The van der Waals surface area contributed by atoms with E-state index < -0.39 is 0 Å². The van der Waals surface area contributed by atoms with Crippen LogP contribution < -0.4 is 15.8 Å². The van der Waals surface area contributed by atoms with E-state index in [0.717, 1.165) is 0 Å². The summed E-state index contributed by atoms with van der Waals surface area (Å²) in [5, 5.41) is 3.71. The van der Waals surface area contributed by atoms with Crippen LogP contribution >= 0.6 is 35.6 Å². The molecule has 1 atom stereocenters. The summed E-state index contributed by atoms with van der Waals surface area (Å²) < 4.78 is 5.39. The van der Waals surface area contributed by atoms with Gasteiger partial charge < -0.3 is 15.8 Å². The van der Waals surface area contributed by atoms with E-state index in [4.69, 9.17) is 33.7 Å². The van der Waals surface area contributed by atoms with Crippen LogP contribution in [0.1, 0.15) is 13.3 Å². The maximum absolute atomic E-state index is 11.4. The highest BCUT2D eigenvalue weighted by Crippen LogP contribution is 2.27. The number of carbonyl (C=O) groups is 1.